The van der Waals surface area contributed by atoms with Gasteiger partial charge in [-0.3, -0.25) is 4.79 Å². The number of aromatic hydroxyl groups is 1. The van der Waals surface area contributed by atoms with Crippen LogP contribution in [0, 0.1) is 0 Å². The topological polar surface area (TPSA) is 46.5 Å². The van der Waals surface area contributed by atoms with E-state index >= 15 is 0 Å². The minimum atomic E-state index is -0.0912. The van der Waals surface area contributed by atoms with Crippen LogP contribution in [-0.4, -0.2) is 11.4 Å². The van der Waals surface area contributed by atoms with Gasteiger partial charge in [0.1, 0.15) is 17.2 Å². The maximum absolute atomic E-state index is 10.7. The molecule has 0 aliphatic heterocycles. The number of aldehydes is 1. The maximum atomic E-state index is 10.7. The van der Waals surface area contributed by atoms with E-state index in [1.807, 2.05) is 0 Å². The second-order valence-corrected chi connectivity index (χ2v) is 4.33. The van der Waals surface area contributed by atoms with Crippen molar-refractivity contribution in [3.05, 3.63) is 52.0 Å². The summed E-state index contributed by atoms with van der Waals surface area (Å²) in [6.45, 7) is 0. The molecule has 2 aromatic rings. The van der Waals surface area contributed by atoms with Crippen molar-refractivity contribution in [1.82, 2.24) is 0 Å². The summed E-state index contributed by atoms with van der Waals surface area (Å²) in [6, 6.07) is 9.20. The molecular formula is C13H8Cl2O3. The third-order valence-corrected chi connectivity index (χ3v) is 2.99. The molecule has 0 fully saturated rings. The van der Waals surface area contributed by atoms with Gasteiger partial charge in [0, 0.05) is 6.07 Å². The number of ether oxygens (including phenoxy) is 1. The molecule has 0 unspecified atom stereocenters. The molecule has 0 saturated heterocycles. The number of hydrogen-bond acceptors (Lipinski definition) is 3. The van der Waals surface area contributed by atoms with Crippen molar-refractivity contribution in [2.75, 3.05) is 0 Å². The number of benzene rings is 2. The molecule has 3 nitrogen and oxygen atoms in total. The maximum Gasteiger partial charge on any atom is 0.153 e. The number of carbonyl (C=O) groups excluding carboxylic acids is 1. The van der Waals surface area contributed by atoms with Crippen LogP contribution in [0.15, 0.2) is 36.4 Å². The fraction of sp³-hybridized carbons (Fsp3) is 0. The highest BCUT2D eigenvalue weighted by molar-refractivity contribution is 6.42. The molecule has 0 saturated carbocycles. The van der Waals surface area contributed by atoms with Crippen LogP contribution in [0.3, 0.4) is 0 Å². The first-order valence-electron chi connectivity index (χ1n) is 5.01. The monoisotopic (exact) mass is 282 g/mol. The summed E-state index contributed by atoms with van der Waals surface area (Å²) < 4.78 is 5.50. The number of carbonyl (C=O) groups is 1. The third-order valence-electron chi connectivity index (χ3n) is 2.25. The van der Waals surface area contributed by atoms with Gasteiger partial charge in [0.15, 0.2) is 6.29 Å². The number of phenolic OH excluding ortho intramolecular Hbond substituents is 1. The van der Waals surface area contributed by atoms with E-state index in [-0.39, 0.29) is 11.3 Å². The molecule has 0 radical (unpaired) electrons. The molecule has 0 heterocycles. The minimum absolute atomic E-state index is 0.0912. The van der Waals surface area contributed by atoms with Gasteiger partial charge in [-0.1, -0.05) is 23.2 Å². The summed E-state index contributed by atoms with van der Waals surface area (Å²) in [5.41, 5.74) is 0.160. The first-order valence-corrected chi connectivity index (χ1v) is 5.77. The van der Waals surface area contributed by atoms with E-state index in [0.717, 1.165) is 0 Å². The first-order chi connectivity index (χ1) is 8.60. The summed E-state index contributed by atoms with van der Waals surface area (Å²) in [7, 11) is 0. The molecule has 18 heavy (non-hydrogen) atoms. The van der Waals surface area contributed by atoms with Gasteiger partial charge in [-0.25, -0.2) is 0 Å². The van der Waals surface area contributed by atoms with Gasteiger partial charge < -0.3 is 9.84 Å². The van der Waals surface area contributed by atoms with E-state index in [1.165, 1.54) is 12.1 Å². The van der Waals surface area contributed by atoms with Crippen LogP contribution in [0.1, 0.15) is 10.4 Å². The zero-order valence-corrected chi connectivity index (χ0v) is 10.6. The Kier molecular flexibility index (Phi) is 3.75. The molecule has 0 spiro atoms. The minimum Gasteiger partial charge on any atom is -0.507 e. The summed E-state index contributed by atoms with van der Waals surface area (Å²) in [5, 5.41) is 10.2. The van der Waals surface area contributed by atoms with Crippen LogP contribution >= 0.6 is 23.2 Å². The normalized spacial score (nSPS) is 10.1. The smallest absolute Gasteiger partial charge is 0.153 e. The number of rotatable bonds is 3. The SMILES string of the molecule is O=Cc1cc(Oc2ccc(Cl)c(Cl)c2)ccc1O. The van der Waals surface area contributed by atoms with Crippen molar-refractivity contribution in [1.29, 1.82) is 0 Å². The van der Waals surface area contributed by atoms with Gasteiger partial charge >= 0.3 is 0 Å². The van der Waals surface area contributed by atoms with Crippen LogP contribution in [0.5, 0.6) is 17.2 Å². The van der Waals surface area contributed by atoms with Crippen molar-refractivity contribution in [3.8, 4) is 17.2 Å². The predicted molar refractivity (Wildman–Crippen MR) is 70.0 cm³/mol. The fourth-order valence-corrected chi connectivity index (χ4v) is 1.65. The second-order valence-electron chi connectivity index (χ2n) is 3.52. The number of hydrogen-bond donors (Lipinski definition) is 1. The standard InChI is InChI=1S/C13H8Cl2O3/c14-11-3-1-10(6-12(11)15)18-9-2-4-13(17)8(5-9)7-16/h1-7,17H. The van der Waals surface area contributed by atoms with Crippen molar-refractivity contribution in [2.24, 2.45) is 0 Å². The number of halogens is 2. The molecule has 0 atom stereocenters. The predicted octanol–water partition coefficient (Wildman–Crippen LogP) is 4.30. The van der Waals surface area contributed by atoms with Crippen molar-refractivity contribution < 1.29 is 14.6 Å². The molecule has 5 heteroatoms. The quantitative estimate of drug-likeness (QED) is 0.854. The Labute approximate surface area is 114 Å². The lowest BCUT2D eigenvalue weighted by Gasteiger charge is -2.07. The molecule has 2 aromatic carbocycles. The Morgan fingerprint density at radius 2 is 1.67 bits per heavy atom. The van der Waals surface area contributed by atoms with Crippen LogP contribution < -0.4 is 4.74 Å². The lowest BCUT2D eigenvalue weighted by Crippen LogP contribution is -1.87. The van der Waals surface area contributed by atoms with E-state index in [0.29, 0.717) is 27.8 Å². The van der Waals surface area contributed by atoms with E-state index in [1.54, 1.807) is 24.3 Å². The Hall–Kier alpha value is -1.71. The number of phenols is 1. The Bertz CT molecular complexity index is 597. The van der Waals surface area contributed by atoms with Gasteiger partial charge in [0.2, 0.25) is 0 Å². The summed E-state index contributed by atoms with van der Waals surface area (Å²) >= 11 is 11.6. The molecule has 0 bridgehead atoms. The fourth-order valence-electron chi connectivity index (χ4n) is 1.37. The van der Waals surface area contributed by atoms with Gasteiger partial charge in [-0.05, 0) is 30.3 Å². The highest BCUT2D eigenvalue weighted by Gasteiger charge is 2.05. The zero-order valence-electron chi connectivity index (χ0n) is 9.06. The largest absolute Gasteiger partial charge is 0.507 e. The van der Waals surface area contributed by atoms with Crippen LogP contribution in [0.4, 0.5) is 0 Å². The van der Waals surface area contributed by atoms with E-state index in [9.17, 15) is 9.90 Å². The molecule has 0 aromatic heterocycles. The Morgan fingerprint density at radius 1 is 1.00 bits per heavy atom. The molecule has 2 rings (SSSR count). The van der Waals surface area contributed by atoms with Gasteiger partial charge in [0.25, 0.3) is 0 Å². The van der Waals surface area contributed by atoms with E-state index < -0.39 is 0 Å². The summed E-state index contributed by atoms with van der Waals surface area (Å²) in [4.78, 5) is 10.7. The molecular weight excluding hydrogens is 275 g/mol. The van der Waals surface area contributed by atoms with Crippen LogP contribution in [0.25, 0.3) is 0 Å². The van der Waals surface area contributed by atoms with E-state index in [4.69, 9.17) is 27.9 Å². The summed E-state index contributed by atoms with van der Waals surface area (Å²) in [5.74, 6) is 0.826. The Morgan fingerprint density at radius 3 is 2.33 bits per heavy atom. The summed E-state index contributed by atoms with van der Waals surface area (Å²) in [6.07, 6.45) is 0.553. The zero-order chi connectivity index (χ0) is 13.1. The van der Waals surface area contributed by atoms with E-state index in [2.05, 4.69) is 0 Å². The highest BCUT2D eigenvalue weighted by Crippen LogP contribution is 2.30. The van der Waals surface area contributed by atoms with Crippen molar-refractivity contribution >= 4 is 29.5 Å². The second kappa shape index (κ2) is 5.29. The van der Waals surface area contributed by atoms with Crippen LogP contribution in [0.2, 0.25) is 10.0 Å². The average Bonchev–Trinajstić information content (AvgIpc) is 2.36. The van der Waals surface area contributed by atoms with Crippen molar-refractivity contribution in [3.63, 3.8) is 0 Å². The Balaban J connectivity index is 2.28. The van der Waals surface area contributed by atoms with Crippen LogP contribution in [-0.2, 0) is 0 Å². The highest BCUT2D eigenvalue weighted by atomic mass is 35.5. The lowest BCUT2D eigenvalue weighted by molar-refractivity contribution is 0.112. The van der Waals surface area contributed by atoms with Gasteiger partial charge in [0.05, 0.1) is 15.6 Å². The molecule has 92 valence electrons. The van der Waals surface area contributed by atoms with Gasteiger partial charge in [-0.2, -0.15) is 0 Å². The lowest BCUT2D eigenvalue weighted by atomic mass is 10.2. The molecule has 1 N–H and O–H groups in total. The average molecular weight is 283 g/mol. The molecule has 0 aliphatic rings. The first kappa shape index (κ1) is 12.7. The van der Waals surface area contributed by atoms with Crippen molar-refractivity contribution in [2.45, 2.75) is 0 Å². The molecule has 0 aliphatic carbocycles. The third kappa shape index (κ3) is 2.75. The van der Waals surface area contributed by atoms with Gasteiger partial charge in [-0.15, -0.1) is 0 Å². The molecule has 0 amide bonds.